The zero-order valence-electron chi connectivity index (χ0n) is 8.73. The van der Waals surface area contributed by atoms with Gasteiger partial charge in [0.05, 0.1) is 0 Å². The van der Waals surface area contributed by atoms with Crippen molar-refractivity contribution < 1.29 is 4.42 Å². The Hall–Kier alpha value is -2.16. The Labute approximate surface area is 99.3 Å². The summed E-state index contributed by atoms with van der Waals surface area (Å²) >= 11 is 1.39. The topological polar surface area (TPSA) is 108 Å². The normalized spacial score (nSPS) is 11.1. The molecule has 8 nitrogen and oxygen atoms in total. The molecule has 3 aromatic rings. The fourth-order valence-electron chi connectivity index (χ4n) is 1.31. The Morgan fingerprint density at radius 2 is 2.24 bits per heavy atom. The van der Waals surface area contributed by atoms with E-state index >= 15 is 0 Å². The summed E-state index contributed by atoms with van der Waals surface area (Å²) in [6.45, 7) is 0. The number of fused-ring (bicyclic) bond motifs is 1. The molecule has 0 bridgehead atoms. The van der Waals surface area contributed by atoms with Crippen molar-refractivity contribution >= 4 is 23.5 Å². The van der Waals surface area contributed by atoms with Crippen LogP contribution in [0, 0.1) is 0 Å². The van der Waals surface area contributed by atoms with Crippen molar-refractivity contribution in [1.29, 1.82) is 0 Å². The molecule has 0 amide bonds. The van der Waals surface area contributed by atoms with Crippen molar-refractivity contribution in [3.05, 3.63) is 12.7 Å². The van der Waals surface area contributed by atoms with Crippen LogP contribution in [0.25, 0.3) is 17.3 Å². The lowest BCUT2D eigenvalue weighted by Crippen LogP contribution is -2.04. The molecule has 3 heterocycles. The van der Waals surface area contributed by atoms with E-state index in [1.807, 2.05) is 6.26 Å². The van der Waals surface area contributed by atoms with E-state index in [4.69, 9.17) is 10.2 Å². The molecule has 0 fully saturated rings. The van der Waals surface area contributed by atoms with E-state index in [0.29, 0.717) is 22.5 Å². The number of oxazole rings is 1. The van der Waals surface area contributed by atoms with Gasteiger partial charge in [0.15, 0.2) is 11.6 Å². The molecule has 17 heavy (non-hydrogen) atoms. The molecule has 3 rings (SSSR count). The van der Waals surface area contributed by atoms with Crippen LogP contribution >= 0.6 is 11.8 Å². The fourth-order valence-corrected chi connectivity index (χ4v) is 1.67. The lowest BCUT2D eigenvalue weighted by molar-refractivity contribution is 0.558. The smallest absolute Gasteiger partial charge is 0.258 e. The minimum absolute atomic E-state index is 0.238. The molecule has 0 aliphatic carbocycles. The second kappa shape index (κ2) is 3.70. The molecule has 2 N–H and O–H groups in total. The van der Waals surface area contributed by atoms with Gasteiger partial charge in [0, 0.05) is 0 Å². The monoisotopic (exact) mass is 249 g/mol. The summed E-state index contributed by atoms with van der Waals surface area (Å²) < 4.78 is 6.23. The van der Waals surface area contributed by atoms with E-state index < -0.39 is 0 Å². The average molecular weight is 249 g/mol. The SMILES string of the molecule is CSc1nc(N)n2nc(-c3cocn3)nc2n1. The van der Waals surface area contributed by atoms with Gasteiger partial charge in [-0.25, -0.2) is 4.98 Å². The first-order valence-electron chi connectivity index (χ1n) is 4.61. The highest BCUT2D eigenvalue weighted by Gasteiger charge is 2.13. The molecular formula is C8H7N7OS. The van der Waals surface area contributed by atoms with Gasteiger partial charge in [-0.2, -0.15) is 19.5 Å². The zero-order chi connectivity index (χ0) is 11.8. The van der Waals surface area contributed by atoms with Gasteiger partial charge < -0.3 is 10.2 Å². The van der Waals surface area contributed by atoms with Crippen LogP contribution in [0.4, 0.5) is 5.95 Å². The summed E-state index contributed by atoms with van der Waals surface area (Å²) in [5, 5.41) is 4.70. The Kier molecular flexibility index (Phi) is 2.18. The van der Waals surface area contributed by atoms with Crippen LogP contribution < -0.4 is 5.73 Å². The summed E-state index contributed by atoms with van der Waals surface area (Å²) in [6.07, 6.45) is 4.62. The average Bonchev–Trinajstić information content (AvgIpc) is 2.96. The van der Waals surface area contributed by atoms with Crippen LogP contribution in [0.1, 0.15) is 0 Å². The molecule has 9 heteroatoms. The number of hydrogen-bond donors (Lipinski definition) is 1. The Morgan fingerprint density at radius 1 is 1.35 bits per heavy atom. The maximum absolute atomic E-state index is 5.75. The highest BCUT2D eigenvalue weighted by molar-refractivity contribution is 7.98. The Bertz CT molecular complexity index is 662. The molecular weight excluding hydrogens is 242 g/mol. The molecule has 0 aromatic carbocycles. The first-order valence-corrected chi connectivity index (χ1v) is 5.83. The van der Waals surface area contributed by atoms with Gasteiger partial charge in [-0.05, 0) is 6.26 Å². The second-order valence-electron chi connectivity index (χ2n) is 3.09. The van der Waals surface area contributed by atoms with Gasteiger partial charge in [-0.1, -0.05) is 11.8 Å². The maximum atomic E-state index is 5.75. The van der Waals surface area contributed by atoms with E-state index in [1.165, 1.54) is 28.9 Å². The van der Waals surface area contributed by atoms with Crippen LogP contribution in [0.2, 0.25) is 0 Å². The predicted molar refractivity (Wildman–Crippen MR) is 60.3 cm³/mol. The summed E-state index contributed by atoms with van der Waals surface area (Å²) in [4.78, 5) is 16.4. The number of nitrogen functional groups attached to an aromatic ring is 1. The fraction of sp³-hybridized carbons (Fsp3) is 0.125. The van der Waals surface area contributed by atoms with Crippen molar-refractivity contribution in [1.82, 2.24) is 29.5 Å². The number of nitrogens with zero attached hydrogens (tertiary/aromatic N) is 6. The lowest BCUT2D eigenvalue weighted by atomic mass is 10.5. The van der Waals surface area contributed by atoms with Crippen LogP contribution in [0.15, 0.2) is 22.2 Å². The first kappa shape index (κ1) is 10.0. The third-order valence-corrected chi connectivity index (χ3v) is 2.60. The molecule has 3 aromatic heterocycles. The third-order valence-electron chi connectivity index (χ3n) is 2.06. The Morgan fingerprint density at radius 3 is 2.94 bits per heavy atom. The van der Waals surface area contributed by atoms with Gasteiger partial charge >= 0.3 is 0 Å². The number of hydrogen-bond acceptors (Lipinski definition) is 8. The molecule has 0 aliphatic rings. The van der Waals surface area contributed by atoms with Gasteiger partial charge in [-0.3, -0.25) is 0 Å². The van der Waals surface area contributed by atoms with E-state index in [0.717, 1.165) is 0 Å². The van der Waals surface area contributed by atoms with Gasteiger partial charge in [-0.15, -0.1) is 5.10 Å². The van der Waals surface area contributed by atoms with Crippen molar-refractivity contribution in [3.8, 4) is 11.5 Å². The summed E-state index contributed by atoms with van der Waals surface area (Å²) in [5.41, 5.74) is 6.28. The van der Waals surface area contributed by atoms with E-state index in [1.54, 1.807) is 0 Å². The van der Waals surface area contributed by atoms with E-state index in [9.17, 15) is 0 Å². The van der Waals surface area contributed by atoms with Crippen LogP contribution in [0.5, 0.6) is 0 Å². The highest BCUT2D eigenvalue weighted by atomic mass is 32.2. The second-order valence-corrected chi connectivity index (χ2v) is 3.86. The van der Waals surface area contributed by atoms with Gasteiger partial charge in [0.25, 0.3) is 5.78 Å². The molecule has 0 saturated carbocycles. The molecule has 86 valence electrons. The Balaban J connectivity index is 2.22. The van der Waals surface area contributed by atoms with E-state index in [-0.39, 0.29) is 5.95 Å². The largest absolute Gasteiger partial charge is 0.451 e. The maximum Gasteiger partial charge on any atom is 0.258 e. The molecule has 0 radical (unpaired) electrons. The highest BCUT2D eigenvalue weighted by Crippen LogP contribution is 2.16. The number of thioether (sulfide) groups is 1. The van der Waals surface area contributed by atoms with Crippen molar-refractivity contribution in [3.63, 3.8) is 0 Å². The van der Waals surface area contributed by atoms with E-state index in [2.05, 4.69) is 25.0 Å². The number of rotatable bonds is 2. The first-order chi connectivity index (χ1) is 8.28. The summed E-state index contributed by atoms with van der Waals surface area (Å²) in [7, 11) is 0. The number of aromatic nitrogens is 6. The van der Waals surface area contributed by atoms with Crippen molar-refractivity contribution in [2.24, 2.45) is 0 Å². The third kappa shape index (κ3) is 1.60. The van der Waals surface area contributed by atoms with Gasteiger partial charge in [0.2, 0.25) is 11.8 Å². The van der Waals surface area contributed by atoms with Crippen LogP contribution in [0.3, 0.4) is 0 Å². The molecule has 0 spiro atoms. The minimum Gasteiger partial charge on any atom is -0.451 e. The number of nitrogens with two attached hydrogens (primary N) is 1. The molecule has 0 unspecified atom stereocenters. The summed E-state index contributed by atoms with van der Waals surface area (Å²) in [5.74, 6) is 1.03. The van der Waals surface area contributed by atoms with Crippen molar-refractivity contribution in [2.45, 2.75) is 5.16 Å². The summed E-state index contributed by atoms with van der Waals surface area (Å²) in [6, 6.07) is 0. The number of anilines is 1. The molecule has 0 aliphatic heterocycles. The lowest BCUT2D eigenvalue weighted by Gasteiger charge is -1.97. The van der Waals surface area contributed by atoms with Crippen molar-refractivity contribution in [2.75, 3.05) is 12.0 Å². The quantitative estimate of drug-likeness (QED) is 0.653. The minimum atomic E-state index is 0.238. The molecule has 0 saturated heterocycles. The van der Waals surface area contributed by atoms with Crippen LogP contribution in [-0.4, -0.2) is 35.8 Å². The van der Waals surface area contributed by atoms with Gasteiger partial charge in [0.1, 0.15) is 12.0 Å². The molecule has 0 atom stereocenters. The van der Waals surface area contributed by atoms with Crippen LogP contribution in [-0.2, 0) is 0 Å². The predicted octanol–water partition coefficient (Wildman–Crippen LogP) is 0.478. The zero-order valence-corrected chi connectivity index (χ0v) is 9.55. The standard InChI is InChI=1S/C8H7N7OS/c1-17-8-12-6(9)15-7(13-8)11-5(14-15)4-2-16-3-10-4/h2-3H,1H3,(H2,9,11,12,13,14).